The molecular formula is C10H25N3O2S2. The quantitative estimate of drug-likeness (QED) is 0.542. The minimum atomic E-state index is -3.28. The summed E-state index contributed by atoms with van der Waals surface area (Å²) in [5, 5.41) is 3.25. The summed E-state index contributed by atoms with van der Waals surface area (Å²) in [5.74, 6) is 0.797. The zero-order chi connectivity index (χ0) is 13.1. The fraction of sp³-hybridized carbons (Fsp3) is 1.00. The first-order valence-corrected chi connectivity index (χ1v) is 8.78. The summed E-state index contributed by atoms with van der Waals surface area (Å²) in [6, 6.07) is 0. The van der Waals surface area contributed by atoms with E-state index in [0.29, 0.717) is 13.1 Å². The van der Waals surface area contributed by atoms with Crippen LogP contribution in [-0.4, -0.2) is 58.0 Å². The molecule has 0 saturated carbocycles. The molecule has 0 spiro atoms. The normalized spacial score (nSPS) is 12.2. The molecule has 0 aromatic rings. The summed E-state index contributed by atoms with van der Waals surface area (Å²) in [6.45, 7) is 4.99. The molecule has 0 aliphatic heterocycles. The van der Waals surface area contributed by atoms with Gasteiger partial charge in [-0.05, 0) is 32.2 Å². The molecule has 0 amide bonds. The minimum absolute atomic E-state index is 0.488. The van der Waals surface area contributed by atoms with E-state index in [9.17, 15) is 8.42 Å². The molecular weight excluding hydrogens is 258 g/mol. The van der Waals surface area contributed by atoms with Gasteiger partial charge in [-0.15, -0.1) is 0 Å². The Labute approximate surface area is 110 Å². The molecule has 0 aromatic heterocycles. The van der Waals surface area contributed by atoms with E-state index in [-0.39, 0.29) is 0 Å². The third-order valence-electron chi connectivity index (χ3n) is 2.25. The fourth-order valence-corrected chi connectivity index (χ4v) is 2.62. The lowest BCUT2D eigenvalue weighted by atomic mass is 10.4. The molecule has 2 N–H and O–H groups in total. The van der Waals surface area contributed by atoms with Crippen LogP contribution in [0.3, 0.4) is 0 Å². The van der Waals surface area contributed by atoms with Crippen LogP contribution in [0.15, 0.2) is 0 Å². The van der Waals surface area contributed by atoms with Crippen molar-refractivity contribution < 1.29 is 8.42 Å². The first kappa shape index (κ1) is 17.2. The molecule has 0 aliphatic carbocycles. The van der Waals surface area contributed by atoms with Gasteiger partial charge in [-0.1, -0.05) is 6.92 Å². The lowest BCUT2D eigenvalue weighted by molar-refractivity contribution is 0.446. The van der Waals surface area contributed by atoms with Crippen molar-refractivity contribution in [3.05, 3.63) is 0 Å². The lowest BCUT2D eigenvalue weighted by Crippen LogP contribution is -2.40. The Morgan fingerprint density at radius 3 is 2.53 bits per heavy atom. The monoisotopic (exact) mass is 283 g/mol. The van der Waals surface area contributed by atoms with Crippen molar-refractivity contribution >= 4 is 22.0 Å². The zero-order valence-electron chi connectivity index (χ0n) is 11.0. The van der Waals surface area contributed by atoms with E-state index >= 15 is 0 Å². The summed E-state index contributed by atoms with van der Waals surface area (Å²) in [6.07, 6.45) is 3.89. The molecule has 0 fully saturated rings. The van der Waals surface area contributed by atoms with E-state index in [1.165, 1.54) is 4.31 Å². The second kappa shape index (κ2) is 10.1. The molecule has 104 valence electrons. The van der Waals surface area contributed by atoms with Crippen LogP contribution in [0, 0.1) is 0 Å². The number of rotatable bonds is 11. The minimum Gasteiger partial charge on any atom is -0.317 e. The molecule has 17 heavy (non-hydrogen) atoms. The maximum Gasteiger partial charge on any atom is 0.279 e. The van der Waals surface area contributed by atoms with Gasteiger partial charge in [0.1, 0.15) is 0 Å². The van der Waals surface area contributed by atoms with Crippen molar-refractivity contribution in [2.75, 3.05) is 45.2 Å². The van der Waals surface area contributed by atoms with Crippen LogP contribution >= 0.6 is 11.8 Å². The highest BCUT2D eigenvalue weighted by Crippen LogP contribution is 1.96. The van der Waals surface area contributed by atoms with E-state index in [1.807, 2.05) is 6.26 Å². The number of hydrogen-bond acceptors (Lipinski definition) is 4. The molecule has 0 aliphatic rings. The largest absolute Gasteiger partial charge is 0.317 e. The number of hydrogen-bond donors (Lipinski definition) is 2. The SMILES string of the molecule is CCCNCCCN(C)S(=O)(=O)NCCSC. The Morgan fingerprint density at radius 2 is 1.94 bits per heavy atom. The van der Waals surface area contributed by atoms with Gasteiger partial charge < -0.3 is 5.32 Å². The predicted molar refractivity (Wildman–Crippen MR) is 75.7 cm³/mol. The highest BCUT2D eigenvalue weighted by Gasteiger charge is 2.15. The van der Waals surface area contributed by atoms with E-state index in [4.69, 9.17) is 0 Å². The zero-order valence-corrected chi connectivity index (χ0v) is 12.7. The smallest absolute Gasteiger partial charge is 0.279 e. The Kier molecular flexibility index (Phi) is 10.2. The highest BCUT2D eigenvalue weighted by molar-refractivity contribution is 7.98. The molecule has 0 bridgehead atoms. The number of thioether (sulfide) groups is 1. The fourth-order valence-electron chi connectivity index (χ4n) is 1.23. The van der Waals surface area contributed by atoms with Gasteiger partial charge in [0, 0.05) is 25.9 Å². The Hall–Kier alpha value is 0.180. The lowest BCUT2D eigenvalue weighted by Gasteiger charge is -2.17. The summed E-state index contributed by atoms with van der Waals surface area (Å²) in [7, 11) is -1.67. The second-order valence-electron chi connectivity index (χ2n) is 3.82. The van der Waals surface area contributed by atoms with Crippen LogP contribution in [0.5, 0.6) is 0 Å². The van der Waals surface area contributed by atoms with Crippen molar-refractivity contribution in [3.63, 3.8) is 0 Å². The Morgan fingerprint density at radius 1 is 1.24 bits per heavy atom. The second-order valence-corrected chi connectivity index (χ2v) is 6.67. The van der Waals surface area contributed by atoms with Crippen molar-refractivity contribution in [3.8, 4) is 0 Å². The number of nitrogens with zero attached hydrogens (tertiary/aromatic N) is 1. The summed E-state index contributed by atoms with van der Waals surface area (Å²) < 4.78 is 27.4. The third-order valence-corrected chi connectivity index (χ3v) is 4.44. The van der Waals surface area contributed by atoms with Gasteiger partial charge in [0.2, 0.25) is 0 Å². The maximum absolute atomic E-state index is 11.7. The summed E-state index contributed by atoms with van der Waals surface area (Å²) in [5.41, 5.74) is 0. The Balaban J connectivity index is 3.75. The van der Waals surface area contributed by atoms with Crippen LogP contribution in [0.25, 0.3) is 0 Å². The van der Waals surface area contributed by atoms with Crippen LogP contribution in [0.1, 0.15) is 19.8 Å². The van der Waals surface area contributed by atoms with E-state index in [0.717, 1.165) is 31.7 Å². The standard InChI is InChI=1S/C10H25N3O2S2/c1-4-6-11-7-5-9-13(2)17(14,15)12-8-10-16-3/h11-12H,4-10H2,1-3H3. The molecule has 0 heterocycles. The maximum atomic E-state index is 11.7. The van der Waals surface area contributed by atoms with E-state index in [2.05, 4.69) is 17.0 Å². The molecule has 0 unspecified atom stereocenters. The van der Waals surface area contributed by atoms with Gasteiger partial charge in [0.25, 0.3) is 10.2 Å². The van der Waals surface area contributed by atoms with Gasteiger partial charge in [-0.3, -0.25) is 0 Å². The first-order valence-electron chi connectivity index (χ1n) is 5.95. The highest BCUT2D eigenvalue weighted by atomic mass is 32.2. The van der Waals surface area contributed by atoms with Gasteiger partial charge in [0.05, 0.1) is 0 Å². The first-order chi connectivity index (χ1) is 8.04. The van der Waals surface area contributed by atoms with Crippen LogP contribution in [0.2, 0.25) is 0 Å². The average molecular weight is 283 g/mol. The van der Waals surface area contributed by atoms with Crippen LogP contribution in [-0.2, 0) is 10.2 Å². The van der Waals surface area contributed by atoms with Gasteiger partial charge in [-0.25, -0.2) is 4.72 Å². The summed E-state index contributed by atoms with van der Waals surface area (Å²) >= 11 is 1.63. The molecule has 0 atom stereocenters. The predicted octanol–water partition coefficient (Wildman–Crippen LogP) is 0.505. The van der Waals surface area contributed by atoms with E-state index < -0.39 is 10.2 Å². The molecule has 7 heteroatoms. The van der Waals surface area contributed by atoms with E-state index in [1.54, 1.807) is 18.8 Å². The average Bonchev–Trinajstić information content (AvgIpc) is 2.28. The molecule has 0 radical (unpaired) electrons. The molecule has 0 aromatic carbocycles. The van der Waals surface area contributed by atoms with Gasteiger partial charge >= 0.3 is 0 Å². The van der Waals surface area contributed by atoms with Gasteiger partial charge in [0.15, 0.2) is 0 Å². The van der Waals surface area contributed by atoms with Crippen molar-refractivity contribution in [1.29, 1.82) is 0 Å². The Bertz CT molecular complexity index is 271. The molecule has 5 nitrogen and oxygen atoms in total. The number of nitrogens with one attached hydrogen (secondary N) is 2. The molecule has 0 rings (SSSR count). The molecule has 0 saturated heterocycles. The van der Waals surface area contributed by atoms with Crippen molar-refractivity contribution in [2.24, 2.45) is 0 Å². The third kappa shape index (κ3) is 8.84. The van der Waals surface area contributed by atoms with Gasteiger partial charge in [-0.2, -0.15) is 24.5 Å². The van der Waals surface area contributed by atoms with Crippen LogP contribution < -0.4 is 10.0 Å². The summed E-state index contributed by atoms with van der Waals surface area (Å²) in [4.78, 5) is 0. The van der Waals surface area contributed by atoms with Crippen LogP contribution in [0.4, 0.5) is 0 Å². The topological polar surface area (TPSA) is 61.4 Å². The van der Waals surface area contributed by atoms with Crippen molar-refractivity contribution in [1.82, 2.24) is 14.3 Å². The van der Waals surface area contributed by atoms with Crippen molar-refractivity contribution in [2.45, 2.75) is 19.8 Å².